The first kappa shape index (κ1) is 26.1. The fourth-order valence-corrected chi connectivity index (χ4v) is 6.03. The van der Waals surface area contributed by atoms with Crippen LogP contribution in [0, 0.1) is 5.92 Å². The number of likely N-dealkylation sites (tertiary alicyclic amines) is 1. The van der Waals surface area contributed by atoms with Crippen LogP contribution in [0.4, 0.5) is 5.69 Å². The molecule has 1 saturated carbocycles. The van der Waals surface area contributed by atoms with E-state index in [0.717, 1.165) is 49.9 Å². The Morgan fingerprint density at radius 3 is 2.44 bits per heavy atom. The molecular weight excluding hydrogens is 452 g/mol. The number of amides is 1. The SMILES string of the molecule is CCN(CC)c1ccc([C@H]2[C@H]3CCCC[C@@]3(O)CCN2C(=O)/C=C/c2ccc(OC)c(OC)c2)cc1. The molecule has 1 aliphatic heterocycles. The van der Waals surface area contributed by atoms with E-state index in [1.54, 1.807) is 20.3 Å². The van der Waals surface area contributed by atoms with E-state index < -0.39 is 5.60 Å². The maximum atomic E-state index is 13.6. The minimum absolute atomic E-state index is 0.0322. The minimum Gasteiger partial charge on any atom is -0.493 e. The third kappa shape index (κ3) is 5.24. The molecule has 2 aromatic carbocycles. The smallest absolute Gasteiger partial charge is 0.247 e. The Hall–Kier alpha value is -2.99. The highest BCUT2D eigenvalue weighted by Crippen LogP contribution is 2.49. The molecule has 6 heteroatoms. The molecule has 0 spiro atoms. The lowest BCUT2D eigenvalue weighted by Gasteiger charge is -2.52. The quantitative estimate of drug-likeness (QED) is 0.496. The lowest BCUT2D eigenvalue weighted by molar-refractivity contribution is -0.150. The Kier molecular flexibility index (Phi) is 8.24. The Balaban J connectivity index is 1.63. The van der Waals surface area contributed by atoms with Gasteiger partial charge in [-0.15, -0.1) is 0 Å². The number of anilines is 1. The molecule has 1 saturated heterocycles. The zero-order valence-electron chi connectivity index (χ0n) is 22.1. The number of nitrogens with zero attached hydrogens (tertiary/aromatic N) is 2. The highest BCUT2D eigenvalue weighted by molar-refractivity contribution is 5.92. The number of piperidine rings is 1. The van der Waals surface area contributed by atoms with Gasteiger partial charge in [-0.1, -0.05) is 31.0 Å². The maximum Gasteiger partial charge on any atom is 0.247 e. The summed E-state index contributed by atoms with van der Waals surface area (Å²) in [6.07, 6.45) is 7.98. The van der Waals surface area contributed by atoms with E-state index in [4.69, 9.17) is 9.47 Å². The van der Waals surface area contributed by atoms with Gasteiger partial charge in [-0.3, -0.25) is 4.79 Å². The van der Waals surface area contributed by atoms with Gasteiger partial charge >= 0.3 is 0 Å². The topological polar surface area (TPSA) is 62.2 Å². The Labute approximate surface area is 215 Å². The molecule has 36 heavy (non-hydrogen) atoms. The van der Waals surface area contributed by atoms with E-state index in [-0.39, 0.29) is 17.9 Å². The molecule has 0 radical (unpaired) electrons. The highest BCUT2D eigenvalue weighted by atomic mass is 16.5. The molecule has 1 N–H and O–H groups in total. The molecule has 2 fully saturated rings. The van der Waals surface area contributed by atoms with Gasteiger partial charge in [0, 0.05) is 37.3 Å². The van der Waals surface area contributed by atoms with Gasteiger partial charge in [0.15, 0.2) is 11.5 Å². The number of rotatable bonds is 8. The molecule has 4 rings (SSSR count). The van der Waals surface area contributed by atoms with Crippen molar-refractivity contribution >= 4 is 17.7 Å². The Bertz CT molecular complexity index is 1060. The van der Waals surface area contributed by atoms with Crippen molar-refractivity contribution in [3.05, 3.63) is 59.7 Å². The van der Waals surface area contributed by atoms with Crippen LogP contribution in [-0.2, 0) is 4.79 Å². The van der Waals surface area contributed by atoms with Crippen molar-refractivity contribution in [2.24, 2.45) is 5.92 Å². The average Bonchev–Trinajstić information content (AvgIpc) is 2.91. The molecule has 194 valence electrons. The molecule has 1 amide bonds. The fourth-order valence-electron chi connectivity index (χ4n) is 6.03. The molecule has 0 aromatic heterocycles. The van der Waals surface area contributed by atoms with Gasteiger partial charge in [-0.05, 0) is 74.6 Å². The van der Waals surface area contributed by atoms with E-state index in [0.29, 0.717) is 24.5 Å². The highest BCUT2D eigenvalue weighted by Gasteiger charge is 2.49. The predicted molar refractivity (Wildman–Crippen MR) is 145 cm³/mol. The molecule has 1 heterocycles. The summed E-state index contributed by atoms with van der Waals surface area (Å²) < 4.78 is 10.7. The van der Waals surface area contributed by atoms with Gasteiger partial charge in [0.2, 0.25) is 5.91 Å². The van der Waals surface area contributed by atoms with E-state index >= 15 is 0 Å². The number of hydrogen-bond acceptors (Lipinski definition) is 5. The van der Waals surface area contributed by atoms with Crippen LogP contribution in [0.15, 0.2) is 48.5 Å². The van der Waals surface area contributed by atoms with E-state index in [2.05, 4.69) is 43.0 Å². The van der Waals surface area contributed by atoms with Gasteiger partial charge < -0.3 is 24.4 Å². The summed E-state index contributed by atoms with van der Waals surface area (Å²) in [5.41, 5.74) is 2.45. The fraction of sp³-hybridized carbons (Fsp3) is 0.500. The summed E-state index contributed by atoms with van der Waals surface area (Å²) in [6, 6.07) is 14.1. The molecule has 0 bridgehead atoms. The number of aliphatic hydroxyl groups is 1. The molecule has 3 atom stereocenters. The second-order valence-corrected chi connectivity index (χ2v) is 9.89. The van der Waals surface area contributed by atoms with Crippen molar-refractivity contribution in [2.75, 3.05) is 38.8 Å². The van der Waals surface area contributed by atoms with Crippen molar-refractivity contribution in [2.45, 2.75) is 57.6 Å². The first-order valence-electron chi connectivity index (χ1n) is 13.2. The van der Waals surface area contributed by atoms with Crippen LogP contribution < -0.4 is 14.4 Å². The number of hydrogen-bond donors (Lipinski definition) is 1. The van der Waals surface area contributed by atoms with Crippen LogP contribution in [-0.4, -0.2) is 55.4 Å². The summed E-state index contributed by atoms with van der Waals surface area (Å²) >= 11 is 0. The standard InChI is InChI=1S/C30H40N2O4/c1-5-31(6-2)24-14-12-23(13-15-24)29-25-9-7-8-18-30(25,34)19-20-32(29)28(33)17-11-22-10-16-26(35-3)27(21-22)36-4/h10-17,21,25,29,34H,5-9,18-20H2,1-4H3/b17-11+/t25-,29+,30-/m1/s1. The van der Waals surface area contributed by atoms with Gasteiger partial charge in [0.05, 0.1) is 25.9 Å². The van der Waals surface area contributed by atoms with Gasteiger partial charge in [0.25, 0.3) is 0 Å². The summed E-state index contributed by atoms with van der Waals surface area (Å²) in [6.45, 7) is 6.77. The van der Waals surface area contributed by atoms with Crippen LogP contribution >= 0.6 is 0 Å². The van der Waals surface area contributed by atoms with Gasteiger partial charge in [-0.25, -0.2) is 0 Å². The van der Waals surface area contributed by atoms with Crippen LogP contribution in [0.5, 0.6) is 11.5 Å². The number of fused-ring (bicyclic) bond motifs is 1. The third-order valence-electron chi connectivity index (χ3n) is 8.04. The summed E-state index contributed by atoms with van der Waals surface area (Å²) in [5, 5.41) is 11.6. The summed E-state index contributed by atoms with van der Waals surface area (Å²) in [7, 11) is 3.21. The predicted octanol–water partition coefficient (Wildman–Crippen LogP) is 5.46. The largest absolute Gasteiger partial charge is 0.493 e. The first-order valence-corrected chi connectivity index (χ1v) is 13.2. The van der Waals surface area contributed by atoms with E-state index in [1.807, 2.05) is 29.2 Å². The monoisotopic (exact) mass is 492 g/mol. The third-order valence-corrected chi connectivity index (χ3v) is 8.04. The van der Waals surface area contributed by atoms with Gasteiger partial charge in [0.1, 0.15) is 0 Å². The van der Waals surface area contributed by atoms with Crippen LogP contribution in [0.25, 0.3) is 6.08 Å². The average molecular weight is 493 g/mol. The zero-order valence-corrected chi connectivity index (χ0v) is 22.1. The second-order valence-electron chi connectivity index (χ2n) is 9.89. The van der Waals surface area contributed by atoms with Crippen molar-refractivity contribution in [3.8, 4) is 11.5 Å². The summed E-state index contributed by atoms with van der Waals surface area (Å²) in [5.74, 6) is 1.29. The van der Waals surface area contributed by atoms with Crippen LogP contribution in [0.3, 0.4) is 0 Å². The molecular formula is C30H40N2O4. The van der Waals surface area contributed by atoms with Crippen LogP contribution in [0.2, 0.25) is 0 Å². The second kappa shape index (κ2) is 11.4. The van der Waals surface area contributed by atoms with Gasteiger partial charge in [-0.2, -0.15) is 0 Å². The van der Waals surface area contributed by atoms with Crippen molar-refractivity contribution in [3.63, 3.8) is 0 Å². The normalized spacial score (nSPS) is 23.9. The maximum absolute atomic E-state index is 13.6. The number of methoxy groups -OCH3 is 2. The number of ether oxygens (including phenoxy) is 2. The van der Waals surface area contributed by atoms with Crippen LogP contribution in [0.1, 0.15) is 63.1 Å². The number of benzene rings is 2. The molecule has 0 unspecified atom stereocenters. The first-order chi connectivity index (χ1) is 17.4. The Morgan fingerprint density at radius 1 is 1.06 bits per heavy atom. The molecule has 2 aromatic rings. The number of carbonyl (C=O) groups is 1. The Morgan fingerprint density at radius 2 is 1.78 bits per heavy atom. The molecule has 6 nitrogen and oxygen atoms in total. The van der Waals surface area contributed by atoms with E-state index in [1.165, 1.54) is 5.69 Å². The molecule has 2 aliphatic rings. The van der Waals surface area contributed by atoms with Crippen molar-refractivity contribution in [1.29, 1.82) is 0 Å². The minimum atomic E-state index is -0.704. The summed E-state index contributed by atoms with van der Waals surface area (Å²) in [4.78, 5) is 17.9. The number of carbonyl (C=O) groups excluding carboxylic acids is 1. The molecule has 1 aliphatic carbocycles. The van der Waals surface area contributed by atoms with E-state index in [9.17, 15) is 9.90 Å². The lowest BCUT2D eigenvalue weighted by Crippen LogP contribution is -2.56. The zero-order chi connectivity index (χ0) is 25.7. The van der Waals surface area contributed by atoms with Crippen molar-refractivity contribution < 1.29 is 19.4 Å². The lowest BCUT2D eigenvalue weighted by atomic mass is 9.66. The van der Waals surface area contributed by atoms with Crippen molar-refractivity contribution in [1.82, 2.24) is 4.90 Å².